The molecule has 7 heteroatoms. The number of rotatable bonds is 9. The number of aryl methyl sites for hydroxylation is 1. The minimum atomic E-state index is 0.784. The minimum absolute atomic E-state index is 0.784. The second kappa shape index (κ2) is 11.9. The molecule has 1 aliphatic rings. The average molecular weight is 539 g/mol. The number of hydrogen-bond donors (Lipinski definition) is 0. The Balaban J connectivity index is 1.08. The maximum absolute atomic E-state index is 4.59. The molecule has 0 fully saturated rings. The van der Waals surface area contributed by atoms with E-state index in [-0.39, 0.29) is 0 Å². The third-order valence-corrected chi connectivity index (χ3v) is 7.24. The summed E-state index contributed by atoms with van der Waals surface area (Å²) in [6.45, 7) is 5.00. The fraction of sp³-hybridized carbons (Fsp3) is 0.147. The van der Waals surface area contributed by atoms with Crippen LogP contribution >= 0.6 is 0 Å². The van der Waals surface area contributed by atoms with E-state index in [2.05, 4.69) is 109 Å². The van der Waals surface area contributed by atoms with Crippen molar-refractivity contribution in [2.45, 2.75) is 13.5 Å². The molecule has 0 saturated carbocycles. The van der Waals surface area contributed by atoms with Gasteiger partial charge in [-0.05, 0) is 60.0 Å². The number of azo groups is 1. The summed E-state index contributed by atoms with van der Waals surface area (Å²) in [4.78, 5) is 2.36. The van der Waals surface area contributed by atoms with Gasteiger partial charge in [0.05, 0.1) is 31.2 Å². The Kier molecular flexibility index (Phi) is 7.58. The van der Waals surface area contributed by atoms with Gasteiger partial charge >= 0.3 is 0 Å². The number of benzene rings is 4. The molecule has 0 N–H and O–H groups in total. The largest absolute Gasteiger partial charge is 0.368 e. The summed E-state index contributed by atoms with van der Waals surface area (Å²) in [7, 11) is 2.04. The highest BCUT2D eigenvalue weighted by Gasteiger charge is 2.23. The van der Waals surface area contributed by atoms with Gasteiger partial charge in [0.25, 0.3) is 0 Å². The van der Waals surface area contributed by atoms with Crippen LogP contribution in [-0.4, -0.2) is 29.6 Å². The molecular weight excluding hydrogens is 506 g/mol. The Morgan fingerprint density at radius 1 is 0.756 bits per heavy atom. The third kappa shape index (κ3) is 5.89. The molecule has 4 aromatic carbocycles. The number of likely N-dealkylation sites (N-methyl/N-ethyl adjacent to an activating group) is 1. The van der Waals surface area contributed by atoms with Crippen LogP contribution in [0.1, 0.15) is 23.6 Å². The van der Waals surface area contributed by atoms with Crippen molar-refractivity contribution in [3.05, 3.63) is 132 Å². The van der Waals surface area contributed by atoms with Crippen molar-refractivity contribution in [2.75, 3.05) is 18.0 Å². The topological polar surface area (TPSA) is 61.5 Å². The molecule has 6 rings (SSSR count). The molecule has 5 aromatic rings. The number of anilines is 1. The Morgan fingerprint density at radius 3 is 1.90 bits per heavy atom. The smallest absolute Gasteiger partial charge is 0.243 e. The number of fused-ring (bicyclic) bond motifs is 3. The van der Waals surface area contributed by atoms with Gasteiger partial charge in [-0.25, -0.2) is 9.13 Å². The van der Waals surface area contributed by atoms with E-state index in [1.165, 1.54) is 16.8 Å². The van der Waals surface area contributed by atoms with Crippen molar-refractivity contribution in [2.24, 2.45) is 27.5 Å². The van der Waals surface area contributed by atoms with Crippen LogP contribution < -0.4 is 9.47 Å². The van der Waals surface area contributed by atoms with E-state index in [0.29, 0.717) is 0 Å². The SMILES string of the molecule is CCN(CC[n+]1ccn(C)c1)c1ccc(N=Nc2ccc(/C=N/N=C3c4ccccc4-c4ccccc43)cc2)cc1. The minimum Gasteiger partial charge on any atom is -0.368 e. The highest BCUT2D eigenvalue weighted by atomic mass is 15.2. The van der Waals surface area contributed by atoms with Gasteiger partial charge < -0.3 is 4.90 Å². The van der Waals surface area contributed by atoms with E-state index in [0.717, 1.165) is 53.4 Å². The van der Waals surface area contributed by atoms with Crippen LogP contribution in [-0.2, 0) is 13.6 Å². The molecule has 1 heterocycles. The lowest BCUT2D eigenvalue weighted by Crippen LogP contribution is -2.39. The van der Waals surface area contributed by atoms with Gasteiger partial charge in [0.15, 0.2) is 0 Å². The lowest BCUT2D eigenvalue weighted by molar-refractivity contribution is -0.693. The van der Waals surface area contributed by atoms with Crippen molar-refractivity contribution < 1.29 is 4.57 Å². The standard InChI is InChI=1S/C34H32N7/c1-3-41(23-22-40-21-20-39(2)25-40)29-18-16-28(17-19-29)37-36-27-14-12-26(13-15-27)24-35-38-34-32-10-6-4-8-30(32)31-9-5-7-11-33(31)34/h4-21,24-25H,3,22-23H2,1-2H3/q+1/b35-24+,37-36?. The number of hydrogen-bond acceptors (Lipinski definition) is 5. The second-order valence-electron chi connectivity index (χ2n) is 9.99. The van der Waals surface area contributed by atoms with E-state index in [1.807, 2.05) is 55.6 Å². The molecule has 0 saturated heterocycles. The van der Waals surface area contributed by atoms with E-state index < -0.39 is 0 Å². The van der Waals surface area contributed by atoms with Gasteiger partial charge in [-0.15, -0.1) is 5.10 Å². The Bertz CT molecular complexity index is 1680. The quantitative estimate of drug-likeness (QED) is 0.0838. The van der Waals surface area contributed by atoms with Crippen LogP contribution in [0.25, 0.3) is 11.1 Å². The van der Waals surface area contributed by atoms with E-state index in [9.17, 15) is 0 Å². The van der Waals surface area contributed by atoms with Crippen LogP contribution in [0.5, 0.6) is 0 Å². The fourth-order valence-electron chi connectivity index (χ4n) is 5.07. The zero-order valence-electron chi connectivity index (χ0n) is 23.3. The summed E-state index contributed by atoms with van der Waals surface area (Å²) in [5.41, 5.74) is 9.27. The molecule has 202 valence electrons. The predicted molar refractivity (Wildman–Crippen MR) is 166 cm³/mol. The molecule has 0 unspecified atom stereocenters. The van der Waals surface area contributed by atoms with Crippen LogP contribution in [0.4, 0.5) is 17.1 Å². The number of imidazole rings is 1. The van der Waals surface area contributed by atoms with Crippen LogP contribution in [0, 0.1) is 0 Å². The molecule has 0 radical (unpaired) electrons. The Labute approximate surface area is 240 Å². The average Bonchev–Trinajstić information content (AvgIpc) is 3.58. The molecule has 0 aliphatic heterocycles. The maximum Gasteiger partial charge on any atom is 0.243 e. The van der Waals surface area contributed by atoms with Gasteiger partial charge in [0.1, 0.15) is 24.7 Å². The maximum atomic E-state index is 4.59. The van der Waals surface area contributed by atoms with Crippen molar-refractivity contribution in [1.29, 1.82) is 0 Å². The lowest BCUT2D eigenvalue weighted by atomic mass is 10.1. The van der Waals surface area contributed by atoms with Crippen molar-refractivity contribution in [3.63, 3.8) is 0 Å². The Hall–Kier alpha value is -5.17. The zero-order valence-corrected chi connectivity index (χ0v) is 23.3. The van der Waals surface area contributed by atoms with Crippen molar-refractivity contribution >= 4 is 29.0 Å². The second-order valence-corrected chi connectivity index (χ2v) is 9.99. The van der Waals surface area contributed by atoms with Crippen molar-refractivity contribution in [3.8, 4) is 11.1 Å². The summed E-state index contributed by atoms with van der Waals surface area (Å²) in [5, 5.41) is 17.8. The molecule has 7 nitrogen and oxygen atoms in total. The summed E-state index contributed by atoms with van der Waals surface area (Å²) >= 11 is 0. The van der Waals surface area contributed by atoms with Gasteiger partial charge in [-0.2, -0.15) is 15.3 Å². The predicted octanol–water partition coefficient (Wildman–Crippen LogP) is 7.11. The third-order valence-electron chi connectivity index (χ3n) is 7.24. The molecule has 1 aliphatic carbocycles. The highest BCUT2D eigenvalue weighted by Crippen LogP contribution is 2.36. The van der Waals surface area contributed by atoms with Gasteiger partial charge in [-0.3, -0.25) is 0 Å². The highest BCUT2D eigenvalue weighted by molar-refractivity contribution is 6.24. The van der Waals surface area contributed by atoms with Crippen molar-refractivity contribution in [1.82, 2.24) is 4.57 Å². The van der Waals surface area contributed by atoms with Crippen LogP contribution in [0.15, 0.2) is 136 Å². The molecule has 0 spiro atoms. The molecule has 1 aromatic heterocycles. The molecule has 41 heavy (non-hydrogen) atoms. The van der Waals surface area contributed by atoms with E-state index >= 15 is 0 Å². The van der Waals surface area contributed by atoms with Gasteiger partial charge in [-0.1, -0.05) is 60.7 Å². The van der Waals surface area contributed by atoms with Gasteiger partial charge in [0, 0.05) is 23.4 Å². The monoisotopic (exact) mass is 538 g/mol. The summed E-state index contributed by atoms with van der Waals surface area (Å²) in [5.74, 6) is 0. The summed E-state index contributed by atoms with van der Waals surface area (Å²) in [6.07, 6.45) is 8.02. The van der Waals surface area contributed by atoms with E-state index in [4.69, 9.17) is 0 Å². The van der Waals surface area contributed by atoms with Crippen LogP contribution in [0.3, 0.4) is 0 Å². The Morgan fingerprint density at radius 2 is 1.34 bits per heavy atom. The first-order chi connectivity index (χ1) is 20.2. The first-order valence-corrected chi connectivity index (χ1v) is 13.9. The number of aromatic nitrogens is 2. The molecular formula is C34H32N7+. The first-order valence-electron chi connectivity index (χ1n) is 13.9. The normalized spacial score (nSPS) is 12.2. The fourth-order valence-corrected chi connectivity index (χ4v) is 5.07. The lowest BCUT2D eigenvalue weighted by Gasteiger charge is -2.22. The van der Waals surface area contributed by atoms with Crippen LogP contribution in [0.2, 0.25) is 0 Å². The molecule has 0 atom stereocenters. The van der Waals surface area contributed by atoms with Gasteiger partial charge in [0.2, 0.25) is 6.33 Å². The molecule has 0 amide bonds. The first kappa shape index (κ1) is 26.1. The zero-order chi connectivity index (χ0) is 28.0. The summed E-state index contributed by atoms with van der Waals surface area (Å²) in [6, 6.07) is 32.7. The molecule has 0 bridgehead atoms. The van der Waals surface area contributed by atoms with E-state index in [1.54, 1.807) is 6.21 Å². The summed E-state index contributed by atoms with van der Waals surface area (Å²) < 4.78 is 4.26. The number of nitrogens with zero attached hydrogens (tertiary/aromatic N) is 7.